The summed E-state index contributed by atoms with van der Waals surface area (Å²) in [5, 5.41) is 17.3. The molecule has 0 saturated heterocycles. The van der Waals surface area contributed by atoms with Crippen molar-refractivity contribution in [3.8, 4) is 0 Å². The highest BCUT2D eigenvalue weighted by atomic mass is 35.5. The van der Waals surface area contributed by atoms with Crippen molar-refractivity contribution in [1.82, 2.24) is 0 Å². The lowest BCUT2D eigenvalue weighted by Gasteiger charge is -2.15. The number of anilines is 2. The number of fused-ring (bicyclic) bond motifs is 1. The Balaban J connectivity index is 0.00000256. The number of hydrogen-bond acceptors (Lipinski definition) is 5. The Kier molecular flexibility index (Phi) is 6.15. The van der Waals surface area contributed by atoms with Crippen LogP contribution in [-0.4, -0.2) is 10.8 Å². The fraction of sp³-hybridized carbons (Fsp3) is 0.0455. The second kappa shape index (κ2) is 8.77. The van der Waals surface area contributed by atoms with Crippen molar-refractivity contribution in [2.24, 2.45) is 5.73 Å². The van der Waals surface area contributed by atoms with Crippen LogP contribution >= 0.6 is 12.4 Å². The van der Waals surface area contributed by atoms with Crippen LogP contribution < -0.4 is 16.4 Å². The minimum Gasteiger partial charge on any atom is -0.354 e. The molecule has 152 valence electrons. The summed E-state index contributed by atoms with van der Waals surface area (Å²) in [5.74, 6) is -0.314. The van der Waals surface area contributed by atoms with Crippen LogP contribution in [0.1, 0.15) is 16.7 Å². The number of hydrogen-bond donors (Lipinski definition) is 3. The molecule has 30 heavy (non-hydrogen) atoms. The lowest BCUT2D eigenvalue weighted by Crippen LogP contribution is -2.10. The van der Waals surface area contributed by atoms with E-state index in [0.717, 1.165) is 16.8 Å². The van der Waals surface area contributed by atoms with Crippen molar-refractivity contribution in [3.05, 3.63) is 99.6 Å². The number of nitro benzene ring substituents is 1. The van der Waals surface area contributed by atoms with E-state index in [9.17, 15) is 14.9 Å². The topological polar surface area (TPSA) is 110 Å². The number of carbonyl (C=O) groups is 1. The molecule has 0 unspecified atom stereocenters. The van der Waals surface area contributed by atoms with E-state index >= 15 is 0 Å². The summed E-state index contributed by atoms with van der Waals surface area (Å²) in [4.78, 5) is 23.6. The zero-order chi connectivity index (χ0) is 20.4. The standard InChI is InChI=1S/C22H18N4O3.ClH/c23-13-14-6-8-16(9-7-14)24-21(15-4-2-1-3-5-15)20-18-12-17(26(28)29)10-11-19(18)25-22(20)27;/h1-12,24H,13,23H2,(H,25,27);1H/b21-20-;. The highest BCUT2D eigenvalue weighted by molar-refractivity contribution is 6.37. The van der Waals surface area contributed by atoms with Crippen molar-refractivity contribution < 1.29 is 9.72 Å². The van der Waals surface area contributed by atoms with Gasteiger partial charge < -0.3 is 16.4 Å². The molecule has 8 heteroatoms. The Morgan fingerprint density at radius 2 is 1.73 bits per heavy atom. The maximum Gasteiger partial charge on any atom is 0.270 e. The van der Waals surface area contributed by atoms with E-state index in [2.05, 4.69) is 10.6 Å². The SMILES string of the molecule is Cl.NCc1ccc(N/C(=C2\C(=O)Nc3ccc([N+](=O)[O-])cc32)c2ccccc2)cc1. The number of amides is 1. The van der Waals surface area contributed by atoms with Crippen LogP contribution in [0.3, 0.4) is 0 Å². The number of nitrogens with one attached hydrogen (secondary N) is 2. The molecule has 0 fully saturated rings. The first-order valence-electron chi connectivity index (χ1n) is 9.02. The van der Waals surface area contributed by atoms with Gasteiger partial charge in [-0.05, 0) is 29.3 Å². The normalized spacial score (nSPS) is 13.7. The van der Waals surface area contributed by atoms with Crippen LogP contribution in [0.4, 0.5) is 17.1 Å². The molecule has 3 aromatic carbocycles. The minimum atomic E-state index is -0.470. The summed E-state index contributed by atoms with van der Waals surface area (Å²) in [6, 6.07) is 21.3. The average Bonchev–Trinajstić information content (AvgIpc) is 3.07. The average molecular weight is 423 g/mol. The van der Waals surface area contributed by atoms with Gasteiger partial charge in [-0.2, -0.15) is 0 Å². The molecule has 7 nitrogen and oxygen atoms in total. The summed E-state index contributed by atoms with van der Waals surface area (Å²) >= 11 is 0. The number of benzene rings is 3. The summed E-state index contributed by atoms with van der Waals surface area (Å²) < 4.78 is 0. The second-order valence-electron chi connectivity index (χ2n) is 6.58. The third-order valence-electron chi connectivity index (χ3n) is 4.73. The molecule has 1 aliphatic rings. The van der Waals surface area contributed by atoms with Crippen molar-refractivity contribution >= 4 is 46.6 Å². The molecule has 1 amide bonds. The van der Waals surface area contributed by atoms with E-state index in [1.54, 1.807) is 6.07 Å². The largest absolute Gasteiger partial charge is 0.354 e. The Morgan fingerprint density at radius 3 is 2.37 bits per heavy atom. The van der Waals surface area contributed by atoms with Crippen molar-refractivity contribution in [2.45, 2.75) is 6.54 Å². The summed E-state index contributed by atoms with van der Waals surface area (Å²) in [6.07, 6.45) is 0. The van der Waals surface area contributed by atoms with Crippen LogP contribution in [0.2, 0.25) is 0 Å². The Hall–Kier alpha value is -3.68. The lowest BCUT2D eigenvalue weighted by atomic mass is 9.99. The van der Waals surface area contributed by atoms with Crippen LogP contribution in [-0.2, 0) is 11.3 Å². The zero-order valence-electron chi connectivity index (χ0n) is 15.8. The first kappa shape index (κ1) is 21.0. The Bertz CT molecular complexity index is 1130. The molecule has 0 spiro atoms. The van der Waals surface area contributed by atoms with Gasteiger partial charge in [-0.25, -0.2) is 0 Å². The van der Waals surface area contributed by atoms with Gasteiger partial charge in [-0.1, -0.05) is 42.5 Å². The van der Waals surface area contributed by atoms with E-state index in [0.29, 0.717) is 29.1 Å². The van der Waals surface area contributed by atoms with Gasteiger partial charge in [0, 0.05) is 35.6 Å². The lowest BCUT2D eigenvalue weighted by molar-refractivity contribution is -0.384. The maximum atomic E-state index is 12.8. The van der Waals surface area contributed by atoms with Gasteiger partial charge in [0.15, 0.2) is 0 Å². The van der Waals surface area contributed by atoms with Crippen LogP contribution in [0, 0.1) is 10.1 Å². The zero-order valence-corrected chi connectivity index (χ0v) is 16.6. The van der Waals surface area contributed by atoms with Gasteiger partial charge in [-0.15, -0.1) is 12.4 Å². The van der Waals surface area contributed by atoms with Crippen LogP contribution in [0.15, 0.2) is 72.8 Å². The van der Waals surface area contributed by atoms with Gasteiger partial charge in [-0.3, -0.25) is 14.9 Å². The van der Waals surface area contributed by atoms with E-state index in [1.165, 1.54) is 12.1 Å². The summed E-state index contributed by atoms with van der Waals surface area (Å²) in [7, 11) is 0. The molecule has 0 saturated carbocycles. The molecule has 0 atom stereocenters. The molecule has 1 heterocycles. The highest BCUT2D eigenvalue weighted by Gasteiger charge is 2.30. The summed E-state index contributed by atoms with van der Waals surface area (Å²) in [5.41, 5.74) is 10.1. The number of carbonyl (C=O) groups excluding carboxylic acids is 1. The number of nitrogens with two attached hydrogens (primary N) is 1. The van der Waals surface area contributed by atoms with Crippen molar-refractivity contribution in [3.63, 3.8) is 0 Å². The van der Waals surface area contributed by atoms with Crippen LogP contribution in [0.5, 0.6) is 0 Å². The third kappa shape index (κ3) is 4.03. The van der Waals surface area contributed by atoms with Gasteiger partial charge >= 0.3 is 0 Å². The fourth-order valence-corrected chi connectivity index (χ4v) is 3.27. The van der Waals surface area contributed by atoms with Gasteiger partial charge in [0.25, 0.3) is 11.6 Å². The number of nitrogens with zero attached hydrogens (tertiary/aromatic N) is 1. The first-order valence-corrected chi connectivity index (χ1v) is 9.02. The molecule has 4 N–H and O–H groups in total. The fourth-order valence-electron chi connectivity index (χ4n) is 3.27. The molecule has 0 bridgehead atoms. The van der Waals surface area contributed by atoms with E-state index in [4.69, 9.17) is 5.73 Å². The first-order chi connectivity index (χ1) is 14.1. The monoisotopic (exact) mass is 422 g/mol. The molecule has 3 aromatic rings. The predicted octanol–water partition coefficient (Wildman–Crippen LogP) is 4.41. The molecule has 0 aromatic heterocycles. The second-order valence-corrected chi connectivity index (χ2v) is 6.58. The van der Waals surface area contributed by atoms with Crippen molar-refractivity contribution in [2.75, 3.05) is 10.6 Å². The molecule has 1 aliphatic heterocycles. The Labute approximate surface area is 179 Å². The van der Waals surface area contributed by atoms with Crippen molar-refractivity contribution in [1.29, 1.82) is 0 Å². The third-order valence-corrected chi connectivity index (χ3v) is 4.73. The number of rotatable bonds is 5. The van der Waals surface area contributed by atoms with Gasteiger partial charge in [0.1, 0.15) is 0 Å². The molecular weight excluding hydrogens is 404 g/mol. The molecule has 4 rings (SSSR count). The molecule has 0 aliphatic carbocycles. The smallest absolute Gasteiger partial charge is 0.270 e. The van der Waals surface area contributed by atoms with Gasteiger partial charge in [0.2, 0.25) is 0 Å². The van der Waals surface area contributed by atoms with E-state index < -0.39 is 4.92 Å². The number of halogens is 1. The number of nitro groups is 1. The molecular formula is C22H19ClN4O3. The van der Waals surface area contributed by atoms with Gasteiger partial charge in [0.05, 0.1) is 16.2 Å². The molecule has 0 radical (unpaired) electrons. The Morgan fingerprint density at radius 1 is 1.03 bits per heavy atom. The quantitative estimate of drug-likeness (QED) is 0.320. The predicted molar refractivity (Wildman–Crippen MR) is 120 cm³/mol. The van der Waals surface area contributed by atoms with Crippen LogP contribution in [0.25, 0.3) is 11.3 Å². The summed E-state index contributed by atoms with van der Waals surface area (Å²) in [6.45, 7) is 0.437. The highest BCUT2D eigenvalue weighted by Crippen LogP contribution is 2.39. The maximum absolute atomic E-state index is 12.8. The van der Waals surface area contributed by atoms with E-state index in [-0.39, 0.29) is 24.0 Å². The number of non-ortho nitro benzene ring substituents is 1. The van der Waals surface area contributed by atoms with E-state index in [1.807, 2.05) is 54.6 Å². The minimum absolute atomic E-state index is 0.